The van der Waals surface area contributed by atoms with Gasteiger partial charge in [-0.05, 0) is 54.8 Å². The number of phenolic OH excluding ortho intramolecular Hbond substituents is 1. The van der Waals surface area contributed by atoms with Gasteiger partial charge in [-0.15, -0.1) is 0 Å². The number of rotatable bonds is 7. The lowest BCUT2D eigenvalue weighted by molar-refractivity contribution is -0.133. The zero-order valence-corrected chi connectivity index (χ0v) is 22.0. The van der Waals surface area contributed by atoms with Gasteiger partial charge in [0.1, 0.15) is 17.2 Å². The normalized spacial score (nSPS) is 13.3. The van der Waals surface area contributed by atoms with Crippen molar-refractivity contribution in [3.63, 3.8) is 0 Å². The number of hydrogen-bond donors (Lipinski definition) is 1. The summed E-state index contributed by atoms with van der Waals surface area (Å²) >= 11 is 0. The van der Waals surface area contributed by atoms with Crippen LogP contribution in [-0.4, -0.2) is 47.0 Å². The van der Waals surface area contributed by atoms with Crippen molar-refractivity contribution < 1.29 is 14.6 Å². The van der Waals surface area contributed by atoms with Gasteiger partial charge in [-0.1, -0.05) is 84.4 Å². The lowest BCUT2D eigenvalue weighted by Crippen LogP contribution is -2.48. The predicted octanol–water partition coefficient (Wildman–Crippen LogP) is 6.46. The molecule has 1 amide bonds. The molecule has 0 aromatic heterocycles. The van der Waals surface area contributed by atoms with E-state index in [4.69, 9.17) is 9.84 Å². The highest BCUT2D eigenvalue weighted by molar-refractivity contribution is 5.76. The third-order valence-corrected chi connectivity index (χ3v) is 6.56. The molecule has 0 atom stereocenters. The Morgan fingerprint density at radius 2 is 1.37 bits per heavy atom. The molecule has 5 heteroatoms. The number of piperazine rings is 1. The fourth-order valence-corrected chi connectivity index (χ4v) is 4.37. The summed E-state index contributed by atoms with van der Waals surface area (Å²) < 4.78 is 6.03. The SMILES string of the molecule is Cc1ccc(O)cc1.O=C(CCc1ccccc1Oc1ccccc1)N1CCN(Cc2ccccc2)CC1. The molecule has 4 aromatic rings. The highest BCUT2D eigenvalue weighted by atomic mass is 16.5. The molecule has 196 valence electrons. The number of carbonyl (C=O) groups is 1. The van der Waals surface area contributed by atoms with Crippen LogP contribution in [0.15, 0.2) is 109 Å². The first-order valence-electron chi connectivity index (χ1n) is 13.2. The molecule has 0 bridgehead atoms. The van der Waals surface area contributed by atoms with E-state index in [1.807, 2.05) is 84.6 Å². The van der Waals surface area contributed by atoms with Gasteiger partial charge >= 0.3 is 0 Å². The minimum atomic E-state index is 0.226. The van der Waals surface area contributed by atoms with Gasteiger partial charge in [-0.3, -0.25) is 9.69 Å². The molecule has 1 N–H and O–H groups in total. The Balaban J connectivity index is 0.000000360. The Labute approximate surface area is 225 Å². The van der Waals surface area contributed by atoms with Crippen LogP contribution in [0.3, 0.4) is 0 Å². The molecule has 5 nitrogen and oxygen atoms in total. The third kappa shape index (κ3) is 8.49. The molecule has 4 aromatic carbocycles. The zero-order valence-electron chi connectivity index (χ0n) is 22.0. The van der Waals surface area contributed by atoms with Crippen LogP contribution in [-0.2, 0) is 17.8 Å². The van der Waals surface area contributed by atoms with E-state index in [1.54, 1.807) is 12.1 Å². The summed E-state index contributed by atoms with van der Waals surface area (Å²) in [5.41, 5.74) is 3.56. The summed E-state index contributed by atoms with van der Waals surface area (Å²) in [5, 5.41) is 8.76. The van der Waals surface area contributed by atoms with Gasteiger partial charge in [-0.25, -0.2) is 0 Å². The largest absolute Gasteiger partial charge is 0.508 e. The van der Waals surface area contributed by atoms with Crippen LogP contribution in [0, 0.1) is 6.92 Å². The second kappa shape index (κ2) is 14.0. The molecule has 38 heavy (non-hydrogen) atoms. The predicted molar refractivity (Wildman–Crippen MR) is 152 cm³/mol. The number of phenols is 1. The number of ether oxygens (including phenoxy) is 1. The molecule has 1 aliphatic heterocycles. The fraction of sp³-hybridized carbons (Fsp3) is 0.242. The Bertz CT molecular complexity index is 1230. The van der Waals surface area contributed by atoms with E-state index in [-0.39, 0.29) is 5.91 Å². The Morgan fingerprint density at radius 3 is 2.03 bits per heavy atom. The summed E-state index contributed by atoms with van der Waals surface area (Å²) in [6.45, 7) is 6.39. The van der Waals surface area contributed by atoms with Gasteiger partial charge in [0.25, 0.3) is 0 Å². The number of para-hydroxylation sites is 2. The van der Waals surface area contributed by atoms with E-state index in [9.17, 15) is 4.79 Å². The molecule has 1 saturated heterocycles. The van der Waals surface area contributed by atoms with Crippen LogP contribution in [0.5, 0.6) is 17.2 Å². The highest BCUT2D eigenvalue weighted by Crippen LogP contribution is 2.26. The summed E-state index contributed by atoms with van der Waals surface area (Å²) in [4.78, 5) is 17.2. The smallest absolute Gasteiger partial charge is 0.222 e. The number of hydrogen-bond acceptors (Lipinski definition) is 4. The van der Waals surface area contributed by atoms with E-state index in [0.29, 0.717) is 18.6 Å². The number of carbonyl (C=O) groups excluding carboxylic acids is 1. The number of aromatic hydroxyl groups is 1. The van der Waals surface area contributed by atoms with Gasteiger partial charge in [-0.2, -0.15) is 0 Å². The minimum Gasteiger partial charge on any atom is -0.508 e. The maximum atomic E-state index is 12.8. The van der Waals surface area contributed by atoms with Crippen molar-refractivity contribution >= 4 is 5.91 Å². The van der Waals surface area contributed by atoms with E-state index in [0.717, 1.165) is 49.8 Å². The van der Waals surface area contributed by atoms with Gasteiger partial charge in [0.05, 0.1) is 0 Å². The second-order valence-electron chi connectivity index (χ2n) is 9.50. The van der Waals surface area contributed by atoms with Gasteiger partial charge in [0.15, 0.2) is 0 Å². The van der Waals surface area contributed by atoms with Crippen LogP contribution >= 0.6 is 0 Å². The fourth-order valence-electron chi connectivity index (χ4n) is 4.37. The van der Waals surface area contributed by atoms with Crippen molar-refractivity contribution in [1.29, 1.82) is 0 Å². The number of aryl methyl sites for hydroxylation is 2. The third-order valence-electron chi connectivity index (χ3n) is 6.56. The average molecular weight is 509 g/mol. The second-order valence-corrected chi connectivity index (χ2v) is 9.50. The van der Waals surface area contributed by atoms with Crippen LogP contribution in [0.4, 0.5) is 0 Å². The molecule has 0 spiro atoms. The van der Waals surface area contributed by atoms with Crippen molar-refractivity contribution in [3.05, 3.63) is 126 Å². The van der Waals surface area contributed by atoms with E-state index >= 15 is 0 Å². The first-order valence-corrected chi connectivity index (χ1v) is 13.2. The van der Waals surface area contributed by atoms with E-state index in [1.165, 1.54) is 11.1 Å². The topological polar surface area (TPSA) is 53.0 Å². The first-order chi connectivity index (χ1) is 18.6. The molecular formula is C33H36N2O3. The monoisotopic (exact) mass is 508 g/mol. The van der Waals surface area contributed by atoms with Crippen LogP contribution < -0.4 is 4.74 Å². The molecule has 1 fully saturated rings. The lowest BCUT2D eigenvalue weighted by Gasteiger charge is -2.34. The van der Waals surface area contributed by atoms with Crippen LogP contribution in [0.2, 0.25) is 0 Å². The number of nitrogens with zero attached hydrogens (tertiary/aromatic N) is 2. The van der Waals surface area contributed by atoms with Crippen molar-refractivity contribution in [3.8, 4) is 17.2 Å². The Morgan fingerprint density at radius 1 is 0.763 bits per heavy atom. The van der Waals surface area contributed by atoms with Crippen LogP contribution in [0.25, 0.3) is 0 Å². The molecule has 1 heterocycles. The Hall–Kier alpha value is -4.09. The van der Waals surface area contributed by atoms with E-state index in [2.05, 4.69) is 29.2 Å². The summed E-state index contributed by atoms with van der Waals surface area (Å²) in [5.74, 6) is 2.19. The van der Waals surface area contributed by atoms with Crippen LogP contribution in [0.1, 0.15) is 23.1 Å². The molecule has 0 unspecified atom stereocenters. The standard InChI is InChI=1S/C26H28N2O2.C7H8O/c29-26(28-19-17-27(18-20-28)21-22-9-3-1-4-10-22)16-15-23-11-7-8-14-25(23)30-24-12-5-2-6-13-24;1-6-2-4-7(8)5-3-6/h1-14H,15-21H2;2-5,8H,1H3. The molecule has 0 radical (unpaired) electrons. The summed E-state index contributed by atoms with van der Waals surface area (Å²) in [6.07, 6.45) is 1.19. The molecule has 0 saturated carbocycles. The van der Waals surface area contributed by atoms with Gasteiger partial charge < -0.3 is 14.7 Å². The molecule has 5 rings (SSSR count). The summed E-state index contributed by atoms with van der Waals surface area (Å²) in [7, 11) is 0. The highest BCUT2D eigenvalue weighted by Gasteiger charge is 2.21. The quantitative estimate of drug-likeness (QED) is 0.311. The van der Waals surface area contributed by atoms with E-state index < -0.39 is 0 Å². The zero-order chi connectivity index (χ0) is 26.6. The first kappa shape index (κ1) is 27.0. The number of amides is 1. The molecule has 1 aliphatic rings. The summed E-state index contributed by atoms with van der Waals surface area (Å²) in [6, 6.07) is 35.4. The van der Waals surface area contributed by atoms with Crippen molar-refractivity contribution in [1.82, 2.24) is 9.80 Å². The number of benzene rings is 4. The van der Waals surface area contributed by atoms with Gasteiger partial charge in [0.2, 0.25) is 5.91 Å². The average Bonchev–Trinajstić information content (AvgIpc) is 2.96. The lowest BCUT2D eigenvalue weighted by atomic mass is 10.1. The maximum absolute atomic E-state index is 12.8. The van der Waals surface area contributed by atoms with Crippen molar-refractivity contribution in [2.75, 3.05) is 26.2 Å². The minimum absolute atomic E-state index is 0.226. The molecular weight excluding hydrogens is 472 g/mol. The maximum Gasteiger partial charge on any atom is 0.222 e. The van der Waals surface area contributed by atoms with Crippen molar-refractivity contribution in [2.24, 2.45) is 0 Å². The Kier molecular flexibility index (Phi) is 9.94. The van der Waals surface area contributed by atoms with Gasteiger partial charge in [0, 0.05) is 39.1 Å². The van der Waals surface area contributed by atoms with Crippen molar-refractivity contribution in [2.45, 2.75) is 26.3 Å². The molecule has 0 aliphatic carbocycles.